The van der Waals surface area contributed by atoms with Crippen LogP contribution in [0, 0.1) is 13.8 Å². The molecule has 0 bridgehead atoms. The number of rotatable bonds is 4. The maximum absolute atomic E-state index is 5.72. The van der Waals surface area contributed by atoms with Crippen molar-refractivity contribution in [2.24, 2.45) is 5.16 Å². The van der Waals surface area contributed by atoms with Gasteiger partial charge in [0.1, 0.15) is 6.10 Å². The van der Waals surface area contributed by atoms with E-state index in [0.29, 0.717) is 6.04 Å². The molecule has 2 aromatic carbocycles. The first-order valence-electron chi connectivity index (χ1n) is 9.57. The predicted molar refractivity (Wildman–Crippen MR) is 107 cm³/mol. The second-order valence-corrected chi connectivity index (χ2v) is 8.40. The van der Waals surface area contributed by atoms with Gasteiger partial charge in [0.2, 0.25) is 0 Å². The summed E-state index contributed by atoms with van der Waals surface area (Å²) in [7, 11) is 0. The average Bonchev–Trinajstić information content (AvgIpc) is 3.19. The second kappa shape index (κ2) is 6.55. The maximum Gasteiger partial charge on any atom is 0.145 e. The Morgan fingerprint density at radius 2 is 1.92 bits per heavy atom. The summed E-state index contributed by atoms with van der Waals surface area (Å²) in [6, 6.07) is 15.7. The van der Waals surface area contributed by atoms with Crippen molar-refractivity contribution in [3.05, 3.63) is 70.3 Å². The predicted octanol–water partition coefficient (Wildman–Crippen LogP) is 4.81. The fourth-order valence-electron chi connectivity index (χ4n) is 4.23. The zero-order chi connectivity index (χ0) is 18.3. The number of hydrogen-bond acceptors (Lipinski definition) is 3. The number of hydrogen-bond donors (Lipinski definition) is 1. The van der Waals surface area contributed by atoms with E-state index in [1.807, 2.05) is 0 Å². The Labute approximate surface area is 156 Å². The van der Waals surface area contributed by atoms with Gasteiger partial charge in [0, 0.05) is 19.0 Å². The van der Waals surface area contributed by atoms with Gasteiger partial charge in [-0.1, -0.05) is 55.4 Å². The molecule has 4 rings (SSSR count). The van der Waals surface area contributed by atoms with Crippen molar-refractivity contribution in [3.63, 3.8) is 0 Å². The van der Waals surface area contributed by atoms with Crippen LogP contribution in [0.25, 0.3) is 0 Å². The maximum atomic E-state index is 5.72. The van der Waals surface area contributed by atoms with Crippen LogP contribution >= 0.6 is 0 Å². The lowest BCUT2D eigenvalue weighted by atomic mass is 9.86. The normalized spacial score (nSPS) is 23.5. The van der Waals surface area contributed by atoms with Gasteiger partial charge in [0.25, 0.3) is 0 Å². The molecule has 1 aliphatic carbocycles. The van der Waals surface area contributed by atoms with E-state index in [4.69, 9.17) is 4.84 Å². The van der Waals surface area contributed by atoms with E-state index in [1.165, 1.54) is 27.8 Å². The minimum absolute atomic E-state index is 0.113. The Bertz CT molecular complexity index is 853. The van der Waals surface area contributed by atoms with E-state index in [2.05, 4.69) is 80.6 Å². The van der Waals surface area contributed by atoms with Gasteiger partial charge in [-0.3, -0.25) is 0 Å². The smallest absolute Gasteiger partial charge is 0.145 e. The molecule has 2 aromatic rings. The molecular weight excluding hydrogens is 320 g/mol. The number of aryl methyl sites for hydroxylation is 2. The summed E-state index contributed by atoms with van der Waals surface area (Å²) in [5.74, 6) is 0. The molecule has 0 aromatic heterocycles. The number of nitrogens with one attached hydrogen (secondary N) is 1. The third kappa shape index (κ3) is 3.16. The van der Waals surface area contributed by atoms with Crippen LogP contribution in [0.5, 0.6) is 0 Å². The highest BCUT2D eigenvalue weighted by atomic mass is 16.6. The van der Waals surface area contributed by atoms with Crippen molar-refractivity contribution in [3.8, 4) is 0 Å². The number of benzene rings is 2. The van der Waals surface area contributed by atoms with Crippen molar-refractivity contribution < 1.29 is 4.84 Å². The van der Waals surface area contributed by atoms with Gasteiger partial charge in [-0.05, 0) is 59.6 Å². The third-order valence-corrected chi connectivity index (χ3v) is 5.94. The van der Waals surface area contributed by atoms with Crippen LogP contribution in [0.15, 0.2) is 47.6 Å². The topological polar surface area (TPSA) is 33.6 Å². The van der Waals surface area contributed by atoms with Crippen molar-refractivity contribution in [2.45, 2.75) is 58.1 Å². The lowest BCUT2D eigenvalue weighted by Gasteiger charge is -2.20. The first-order valence-corrected chi connectivity index (χ1v) is 9.57. The highest BCUT2D eigenvalue weighted by Crippen LogP contribution is 2.44. The molecule has 1 N–H and O–H groups in total. The summed E-state index contributed by atoms with van der Waals surface area (Å²) in [4.78, 5) is 5.72. The molecule has 2 unspecified atom stereocenters. The molecule has 0 saturated carbocycles. The Morgan fingerprint density at radius 3 is 2.73 bits per heavy atom. The quantitative estimate of drug-likeness (QED) is 0.860. The van der Waals surface area contributed by atoms with Crippen LogP contribution in [0.2, 0.25) is 0 Å². The van der Waals surface area contributed by atoms with Gasteiger partial charge in [-0.2, -0.15) is 0 Å². The van der Waals surface area contributed by atoms with Gasteiger partial charge in [-0.25, -0.2) is 0 Å². The molecule has 2 aliphatic rings. The lowest BCUT2D eigenvalue weighted by molar-refractivity contribution is 0.0823. The molecule has 2 atom stereocenters. The summed E-state index contributed by atoms with van der Waals surface area (Å²) in [6.45, 7) is 9.78. The van der Waals surface area contributed by atoms with Crippen LogP contribution in [0.4, 0.5) is 0 Å². The van der Waals surface area contributed by atoms with Crippen LogP contribution in [0.3, 0.4) is 0 Å². The molecule has 26 heavy (non-hydrogen) atoms. The number of oxime groups is 1. The van der Waals surface area contributed by atoms with Crippen LogP contribution in [0.1, 0.15) is 60.5 Å². The van der Waals surface area contributed by atoms with Gasteiger partial charge >= 0.3 is 0 Å². The van der Waals surface area contributed by atoms with Crippen molar-refractivity contribution >= 4 is 5.71 Å². The van der Waals surface area contributed by atoms with E-state index in [1.54, 1.807) is 0 Å². The zero-order valence-corrected chi connectivity index (χ0v) is 16.2. The van der Waals surface area contributed by atoms with E-state index < -0.39 is 0 Å². The third-order valence-electron chi connectivity index (χ3n) is 5.94. The largest absolute Gasteiger partial charge is 0.390 e. The average molecular weight is 348 g/mol. The minimum Gasteiger partial charge on any atom is -0.390 e. The van der Waals surface area contributed by atoms with Crippen molar-refractivity contribution in [1.29, 1.82) is 0 Å². The second-order valence-electron chi connectivity index (χ2n) is 8.40. The molecule has 0 fully saturated rings. The Kier molecular flexibility index (Phi) is 4.36. The highest BCUT2D eigenvalue weighted by Gasteiger charge is 2.36. The molecule has 0 amide bonds. The fraction of sp³-hybridized carbons (Fsp3) is 0.435. The standard InChI is InChI=1S/C23H28N2O/c1-15-9-10-17(11-16(15)2)21-12-18(26-25-21)14-24-22-13-23(3,4)20-8-6-5-7-19(20)22/h5-11,18,22,24H,12-14H2,1-4H3. The van der Waals surface area contributed by atoms with Gasteiger partial charge in [0.05, 0.1) is 5.71 Å². The molecule has 3 heteroatoms. The van der Waals surface area contributed by atoms with E-state index in [0.717, 1.165) is 25.1 Å². The lowest BCUT2D eigenvalue weighted by Crippen LogP contribution is -2.30. The molecule has 0 radical (unpaired) electrons. The molecular formula is C23H28N2O. The van der Waals surface area contributed by atoms with Crippen LogP contribution < -0.4 is 5.32 Å². The van der Waals surface area contributed by atoms with Crippen LogP contribution in [-0.4, -0.2) is 18.4 Å². The molecule has 0 saturated heterocycles. The number of fused-ring (bicyclic) bond motifs is 1. The Balaban J connectivity index is 1.38. The molecule has 1 aliphatic heterocycles. The summed E-state index contributed by atoms with van der Waals surface area (Å²) in [5.41, 5.74) is 7.99. The van der Waals surface area contributed by atoms with E-state index >= 15 is 0 Å². The van der Waals surface area contributed by atoms with Crippen molar-refractivity contribution in [1.82, 2.24) is 5.32 Å². The number of nitrogens with zero attached hydrogens (tertiary/aromatic N) is 1. The Morgan fingerprint density at radius 1 is 1.12 bits per heavy atom. The van der Waals surface area contributed by atoms with E-state index in [9.17, 15) is 0 Å². The van der Waals surface area contributed by atoms with Crippen LogP contribution in [-0.2, 0) is 10.3 Å². The molecule has 0 spiro atoms. The van der Waals surface area contributed by atoms with Crippen molar-refractivity contribution in [2.75, 3.05) is 6.54 Å². The van der Waals surface area contributed by atoms with Gasteiger partial charge in [0.15, 0.2) is 0 Å². The SMILES string of the molecule is Cc1ccc(C2=NOC(CNC3CC(C)(C)c4ccccc43)C2)cc1C. The summed E-state index contributed by atoms with van der Waals surface area (Å²) in [5, 5.41) is 8.08. The summed E-state index contributed by atoms with van der Waals surface area (Å²) in [6.07, 6.45) is 2.11. The summed E-state index contributed by atoms with van der Waals surface area (Å²) >= 11 is 0. The minimum atomic E-state index is 0.113. The molecule has 1 heterocycles. The molecule has 3 nitrogen and oxygen atoms in total. The Hall–Kier alpha value is -2.13. The van der Waals surface area contributed by atoms with Gasteiger partial charge in [-0.15, -0.1) is 0 Å². The zero-order valence-electron chi connectivity index (χ0n) is 16.2. The monoisotopic (exact) mass is 348 g/mol. The summed E-state index contributed by atoms with van der Waals surface area (Å²) < 4.78 is 0. The fourth-order valence-corrected chi connectivity index (χ4v) is 4.23. The molecule has 136 valence electrons. The first-order chi connectivity index (χ1) is 12.4. The highest BCUT2D eigenvalue weighted by molar-refractivity contribution is 6.01. The van der Waals surface area contributed by atoms with Gasteiger partial charge < -0.3 is 10.2 Å². The van der Waals surface area contributed by atoms with E-state index in [-0.39, 0.29) is 11.5 Å². The first kappa shape index (κ1) is 17.3.